The second kappa shape index (κ2) is 7.66. The number of benzene rings is 2. The third kappa shape index (κ3) is 3.55. The van der Waals surface area contributed by atoms with Crippen LogP contribution < -0.4 is 15.4 Å². The first-order chi connectivity index (χ1) is 15.9. The summed E-state index contributed by atoms with van der Waals surface area (Å²) in [5, 5.41) is 0.571. The lowest BCUT2D eigenvalue weighted by molar-refractivity contribution is -0.133. The largest absolute Gasteiger partial charge is 0.435 e. The molecule has 33 heavy (non-hydrogen) atoms. The number of hydrogen-bond donors (Lipinski definition) is 2. The molecule has 10 heteroatoms. The van der Waals surface area contributed by atoms with Crippen LogP contribution in [0.1, 0.15) is 12.8 Å². The Labute approximate surface area is 186 Å². The van der Waals surface area contributed by atoms with E-state index in [-0.39, 0.29) is 23.0 Å². The monoisotopic (exact) mass is 449 g/mol. The van der Waals surface area contributed by atoms with Crippen LogP contribution in [0.3, 0.4) is 0 Å². The summed E-state index contributed by atoms with van der Waals surface area (Å²) in [6, 6.07) is 10.7. The topological polar surface area (TPSA) is 114 Å². The van der Waals surface area contributed by atoms with Gasteiger partial charge in [0, 0.05) is 18.0 Å². The van der Waals surface area contributed by atoms with Gasteiger partial charge in [-0.1, -0.05) is 0 Å². The Hall–Kier alpha value is -4.34. The minimum Gasteiger partial charge on any atom is -0.435 e. The van der Waals surface area contributed by atoms with Crippen LogP contribution in [0.2, 0.25) is 0 Å². The van der Waals surface area contributed by atoms with Gasteiger partial charge in [0.2, 0.25) is 17.7 Å². The average molecular weight is 449 g/mol. The van der Waals surface area contributed by atoms with E-state index in [1.807, 2.05) is 0 Å². The summed E-state index contributed by atoms with van der Waals surface area (Å²) in [5.74, 6) is -2.58. The van der Waals surface area contributed by atoms with E-state index in [2.05, 4.69) is 15.0 Å². The van der Waals surface area contributed by atoms with E-state index in [1.54, 1.807) is 12.3 Å². The van der Waals surface area contributed by atoms with Crippen LogP contribution in [0.4, 0.5) is 20.2 Å². The Morgan fingerprint density at radius 2 is 1.76 bits per heavy atom. The number of primary amides is 1. The second-order valence-electron chi connectivity index (χ2n) is 7.70. The Kier molecular flexibility index (Phi) is 4.77. The highest BCUT2D eigenvalue weighted by Crippen LogP contribution is 2.49. The molecular formula is C23H17F2N5O3. The molecule has 166 valence electrons. The minimum atomic E-state index is -1.36. The standard InChI is InChI=1S/C23H17F2N5O3/c24-13-1-3-14(4-2-13)30(22(32)23(8-9-23)21(26)31)15-5-6-18(17(25)11-15)33-20-16-7-10-27-19(16)28-12-29-20/h1-7,10-12H,8-9H2,(H2,26,31)(H,27,28,29). The normalized spacial score (nSPS) is 14.1. The van der Waals surface area contributed by atoms with Crippen molar-refractivity contribution in [3.8, 4) is 11.6 Å². The van der Waals surface area contributed by atoms with Gasteiger partial charge in [0.05, 0.1) is 11.1 Å². The van der Waals surface area contributed by atoms with E-state index in [9.17, 15) is 14.0 Å². The smallest absolute Gasteiger partial charge is 0.247 e. The molecule has 1 aliphatic rings. The molecular weight excluding hydrogens is 432 g/mol. The van der Waals surface area contributed by atoms with Crippen LogP contribution in [0, 0.1) is 17.0 Å². The molecule has 1 fully saturated rings. The molecule has 0 spiro atoms. The number of H-pyrrole nitrogens is 1. The number of nitrogens with one attached hydrogen (secondary N) is 1. The zero-order valence-electron chi connectivity index (χ0n) is 17.1. The maximum Gasteiger partial charge on any atom is 0.247 e. The number of ether oxygens (including phenoxy) is 1. The van der Waals surface area contributed by atoms with Crippen molar-refractivity contribution in [3.63, 3.8) is 0 Å². The van der Waals surface area contributed by atoms with Crippen LogP contribution in [-0.2, 0) is 9.59 Å². The molecule has 0 aliphatic heterocycles. The van der Waals surface area contributed by atoms with Crippen molar-refractivity contribution in [3.05, 3.63) is 72.7 Å². The van der Waals surface area contributed by atoms with Crippen LogP contribution in [-0.4, -0.2) is 26.8 Å². The summed E-state index contributed by atoms with van der Waals surface area (Å²) >= 11 is 0. The molecule has 5 rings (SSSR count). The quantitative estimate of drug-likeness (QED) is 0.433. The highest BCUT2D eigenvalue weighted by Gasteiger charge is 2.57. The fourth-order valence-electron chi connectivity index (χ4n) is 3.62. The van der Waals surface area contributed by atoms with Crippen molar-refractivity contribution >= 4 is 34.2 Å². The summed E-state index contributed by atoms with van der Waals surface area (Å²) in [6.07, 6.45) is 3.53. The van der Waals surface area contributed by atoms with Gasteiger partial charge in [-0.3, -0.25) is 14.5 Å². The first-order valence-corrected chi connectivity index (χ1v) is 10.0. The number of rotatable bonds is 6. The predicted octanol–water partition coefficient (Wildman–Crippen LogP) is 3.96. The molecule has 0 bridgehead atoms. The van der Waals surface area contributed by atoms with E-state index in [1.165, 1.54) is 47.6 Å². The lowest BCUT2D eigenvalue weighted by Crippen LogP contribution is -2.41. The molecule has 1 saturated carbocycles. The number of aromatic amines is 1. The van der Waals surface area contributed by atoms with Gasteiger partial charge in [-0.05, 0) is 55.3 Å². The molecule has 0 saturated heterocycles. The molecule has 2 aromatic carbocycles. The van der Waals surface area contributed by atoms with Crippen molar-refractivity contribution < 1.29 is 23.1 Å². The van der Waals surface area contributed by atoms with Crippen molar-refractivity contribution in [2.75, 3.05) is 4.90 Å². The average Bonchev–Trinajstić information content (AvgIpc) is 3.48. The van der Waals surface area contributed by atoms with Gasteiger partial charge in [-0.25, -0.2) is 18.7 Å². The Morgan fingerprint density at radius 1 is 1.03 bits per heavy atom. The van der Waals surface area contributed by atoms with Crippen molar-refractivity contribution in [1.29, 1.82) is 0 Å². The first-order valence-electron chi connectivity index (χ1n) is 10.0. The van der Waals surface area contributed by atoms with Crippen LogP contribution in [0.25, 0.3) is 11.0 Å². The summed E-state index contributed by atoms with van der Waals surface area (Å²) in [5.41, 5.74) is 5.05. The van der Waals surface area contributed by atoms with Crippen molar-refractivity contribution in [1.82, 2.24) is 15.0 Å². The number of carbonyl (C=O) groups excluding carboxylic acids is 2. The summed E-state index contributed by atoms with van der Waals surface area (Å²) in [4.78, 5) is 37.5. The van der Waals surface area contributed by atoms with Gasteiger partial charge in [0.1, 0.15) is 23.2 Å². The number of aromatic nitrogens is 3. The van der Waals surface area contributed by atoms with E-state index >= 15 is 4.39 Å². The number of nitrogens with zero attached hydrogens (tertiary/aromatic N) is 3. The number of anilines is 2. The fourth-order valence-corrected chi connectivity index (χ4v) is 3.62. The maximum atomic E-state index is 15.1. The summed E-state index contributed by atoms with van der Waals surface area (Å²) < 4.78 is 34.2. The van der Waals surface area contributed by atoms with E-state index < -0.39 is 28.9 Å². The van der Waals surface area contributed by atoms with E-state index in [0.717, 1.165) is 6.07 Å². The Bertz CT molecular complexity index is 1380. The number of amides is 2. The van der Waals surface area contributed by atoms with Gasteiger partial charge < -0.3 is 15.5 Å². The van der Waals surface area contributed by atoms with Gasteiger partial charge >= 0.3 is 0 Å². The molecule has 4 aromatic rings. The van der Waals surface area contributed by atoms with Crippen LogP contribution in [0.15, 0.2) is 61.1 Å². The lowest BCUT2D eigenvalue weighted by atomic mass is 10.0. The minimum absolute atomic E-state index is 0.123. The lowest BCUT2D eigenvalue weighted by Gasteiger charge is -2.26. The van der Waals surface area contributed by atoms with Crippen molar-refractivity contribution in [2.45, 2.75) is 12.8 Å². The van der Waals surface area contributed by atoms with Gasteiger partial charge in [0.25, 0.3) is 0 Å². The fraction of sp³-hybridized carbons (Fsp3) is 0.130. The van der Waals surface area contributed by atoms with Gasteiger partial charge in [-0.15, -0.1) is 0 Å². The number of halogens is 2. The SMILES string of the molecule is NC(=O)C1(C(=O)N(c2ccc(F)cc2)c2ccc(Oc3ncnc4[nH]ccc34)c(F)c2)CC1. The van der Waals surface area contributed by atoms with Crippen LogP contribution in [0.5, 0.6) is 11.6 Å². The molecule has 1 aliphatic carbocycles. The maximum absolute atomic E-state index is 15.1. The van der Waals surface area contributed by atoms with Crippen LogP contribution >= 0.6 is 0 Å². The highest BCUT2D eigenvalue weighted by atomic mass is 19.1. The Morgan fingerprint density at radius 3 is 2.42 bits per heavy atom. The molecule has 2 amide bonds. The summed E-state index contributed by atoms with van der Waals surface area (Å²) in [6.45, 7) is 0. The number of fused-ring (bicyclic) bond motifs is 1. The third-order valence-corrected chi connectivity index (χ3v) is 5.62. The molecule has 8 nitrogen and oxygen atoms in total. The highest BCUT2D eigenvalue weighted by molar-refractivity contribution is 6.16. The van der Waals surface area contributed by atoms with Gasteiger partial charge in [-0.2, -0.15) is 0 Å². The molecule has 2 heterocycles. The predicted molar refractivity (Wildman–Crippen MR) is 115 cm³/mol. The molecule has 3 N–H and O–H groups in total. The summed E-state index contributed by atoms with van der Waals surface area (Å²) in [7, 11) is 0. The first kappa shape index (κ1) is 20.6. The third-order valence-electron chi connectivity index (χ3n) is 5.62. The molecule has 0 unspecified atom stereocenters. The van der Waals surface area contributed by atoms with Crippen molar-refractivity contribution in [2.24, 2.45) is 11.1 Å². The Balaban J connectivity index is 1.52. The molecule has 2 aromatic heterocycles. The van der Waals surface area contributed by atoms with E-state index in [4.69, 9.17) is 10.5 Å². The van der Waals surface area contributed by atoms with E-state index in [0.29, 0.717) is 23.9 Å². The number of nitrogens with two attached hydrogens (primary N) is 1. The zero-order chi connectivity index (χ0) is 23.2. The molecule has 0 atom stereocenters. The number of hydrogen-bond acceptors (Lipinski definition) is 5. The second-order valence-corrected chi connectivity index (χ2v) is 7.70. The zero-order valence-corrected chi connectivity index (χ0v) is 17.1. The molecule has 0 radical (unpaired) electrons. The number of carbonyl (C=O) groups is 2. The van der Waals surface area contributed by atoms with Gasteiger partial charge in [0.15, 0.2) is 11.6 Å².